The van der Waals surface area contributed by atoms with Crippen molar-refractivity contribution < 1.29 is 4.79 Å². The molecular weight excluding hydrogens is 571 g/mol. The van der Waals surface area contributed by atoms with Gasteiger partial charge in [0.2, 0.25) is 0 Å². The van der Waals surface area contributed by atoms with E-state index in [1.54, 1.807) is 28.8 Å². The number of hydrogen-bond acceptors (Lipinski definition) is 7. The van der Waals surface area contributed by atoms with Crippen LogP contribution in [0.15, 0.2) is 124 Å². The molecule has 4 aromatic carbocycles. The number of benzene rings is 4. The molecule has 0 unspecified atom stereocenters. The van der Waals surface area contributed by atoms with Crippen LogP contribution in [0.5, 0.6) is 0 Å². The number of anilines is 1. The summed E-state index contributed by atoms with van der Waals surface area (Å²) in [6, 6.07) is 38.1. The standard InChI is InChI=1S/C35H29N5OS2/c1-3-37-28-20-19-25(22-36)21-29(28)38-35-40(23-24-13-7-4-8-14-24)33(41)32(43-35)34-39(2)30(26-15-9-5-10-16-26)31(42-34)27-17-11-6-12-18-27/h4-21,37H,3,23H2,1-2H3/b34-32-,38-35+. The van der Waals surface area contributed by atoms with Crippen molar-refractivity contribution in [1.29, 1.82) is 5.26 Å². The SMILES string of the molecule is CCNc1ccc(C#N)cc1/N=C1/S/C(=C2\SC(c3ccccc3)=C(c3ccccc3)N2C)C(=O)N1Cc1ccccc1. The van der Waals surface area contributed by atoms with Gasteiger partial charge in [-0.3, -0.25) is 9.69 Å². The summed E-state index contributed by atoms with van der Waals surface area (Å²) in [5.74, 6) is -0.0925. The number of carbonyl (C=O) groups excluding carboxylic acids is 1. The van der Waals surface area contributed by atoms with Gasteiger partial charge in [-0.15, -0.1) is 0 Å². The molecule has 43 heavy (non-hydrogen) atoms. The summed E-state index contributed by atoms with van der Waals surface area (Å²) in [4.78, 5) is 24.9. The van der Waals surface area contributed by atoms with Crippen LogP contribution in [0.4, 0.5) is 11.4 Å². The number of nitriles is 1. The third-order valence-electron chi connectivity index (χ3n) is 7.09. The molecule has 2 heterocycles. The minimum absolute atomic E-state index is 0.0925. The highest BCUT2D eigenvalue weighted by molar-refractivity contribution is 8.20. The van der Waals surface area contributed by atoms with Gasteiger partial charge < -0.3 is 10.2 Å². The summed E-state index contributed by atoms with van der Waals surface area (Å²) >= 11 is 3.00. The van der Waals surface area contributed by atoms with Crippen molar-refractivity contribution in [3.8, 4) is 6.07 Å². The van der Waals surface area contributed by atoms with Gasteiger partial charge in [0.25, 0.3) is 5.91 Å². The van der Waals surface area contributed by atoms with Gasteiger partial charge in [0.15, 0.2) is 5.17 Å². The van der Waals surface area contributed by atoms with E-state index >= 15 is 0 Å². The van der Waals surface area contributed by atoms with Crippen molar-refractivity contribution in [2.75, 3.05) is 18.9 Å². The van der Waals surface area contributed by atoms with Gasteiger partial charge in [-0.2, -0.15) is 5.26 Å². The number of amidine groups is 1. The number of nitrogens with one attached hydrogen (secondary N) is 1. The van der Waals surface area contributed by atoms with Crippen LogP contribution in [0.25, 0.3) is 10.6 Å². The van der Waals surface area contributed by atoms with Gasteiger partial charge in [0.05, 0.1) is 40.3 Å². The van der Waals surface area contributed by atoms with E-state index in [-0.39, 0.29) is 5.91 Å². The lowest BCUT2D eigenvalue weighted by atomic mass is 10.1. The Morgan fingerprint density at radius 3 is 2.14 bits per heavy atom. The summed E-state index contributed by atoms with van der Waals surface area (Å²) in [5.41, 5.74) is 6.20. The van der Waals surface area contributed by atoms with Crippen LogP contribution in [0.2, 0.25) is 0 Å². The predicted octanol–water partition coefficient (Wildman–Crippen LogP) is 8.13. The molecule has 0 atom stereocenters. The van der Waals surface area contributed by atoms with Crippen LogP contribution in [0.3, 0.4) is 0 Å². The largest absolute Gasteiger partial charge is 0.384 e. The molecule has 6 nitrogen and oxygen atoms in total. The number of thioether (sulfide) groups is 2. The summed E-state index contributed by atoms with van der Waals surface area (Å²) < 4.78 is 0. The number of hydrogen-bond donors (Lipinski definition) is 1. The Morgan fingerprint density at radius 1 is 0.837 bits per heavy atom. The normalized spacial score (nSPS) is 17.6. The molecule has 2 aliphatic heterocycles. The number of rotatable bonds is 7. The third-order valence-corrected chi connectivity index (χ3v) is 9.59. The zero-order valence-corrected chi connectivity index (χ0v) is 25.5. The molecule has 212 valence electrons. The van der Waals surface area contributed by atoms with E-state index in [4.69, 9.17) is 4.99 Å². The highest BCUT2D eigenvalue weighted by Gasteiger charge is 2.40. The van der Waals surface area contributed by atoms with E-state index in [9.17, 15) is 10.1 Å². The summed E-state index contributed by atoms with van der Waals surface area (Å²) in [6.45, 7) is 3.11. The van der Waals surface area contributed by atoms with Gasteiger partial charge in [0.1, 0.15) is 4.91 Å². The average molecular weight is 600 g/mol. The maximum absolute atomic E-state index is 14.3. The number of carbonyl (C=O) groups is 1. The monoisotopic (exact) mass is 599 g/mol. The lowest BCUT2D eigenvalue weighted by molar-refractivity contribution is -0.122. The minimum Gasteiger partial charge on any atom is -0.384 e. The molecule has 1 amide bonds. The molecule has 1 N–H and O–H groups in total. The average Bonchev–Trinajstić information content (AvgIpc) is 3.55. The van der Waals surface area contributed by atoms with Gasteiger partial charge >= 0.3 is 0 Å². The maximum Gasteiger partial charge on any atom is 0.269 e. The van der Waals surface area contributed by atoms with Crippen molar-refractivity contribution in [1.82, 2.24) is 9.80 Å². The third kappa shape index (κ3) is 5.82. The zero-order valence-electron chi connectivity index (χ0n) is 23.8. The van der Waals surface area contributed by atoms with Crippen molar-refractivity contribution in [2.45, 2.75) is 13.5 Å². The molecule has 0 aromatic heterocycles. The molecule has 0 saturated carbocycles. The van der Waals surface area contributed by atoms with Crippen molar-refractivity contribution in [2.24, 2.45) is 4.99 Å². The first-order valence-electron chi connectivity index (χ1n) is 14.0. The Hall–Kier alpha value is -4.71. The fraction of sp³-hybridized carbons (Fsp3) is 0.114. The second kappa shape index (κ2) is 12.7. The molecule has 0 aliphatic carbocycles. The molecule has 8 heteroatoms. The summed E-state index contributed by atoms with van der Waals surface area (Å²) in [7, 11) is 2.03. The summed E-state index contributed by atoms with van der Waals surface area (Å²) in [5, 5.41) is 14.4. The first-order chi connectivity index (χ1) is 21.1. The summed E-state index contributed by atoms with van der Waals surface area (Å²) in [6.07, 6.45) is 0. The molecule has 0 bridgehead atoms. The van der Waals surface area contributed by atoms with Crippen molar-refractivity contribution in [3.63, 3.8) is 0 Å². The molecule has 4 aromatic rings. The van der Waals surface area contributed by atoms with Crippen LogP contribution >= 0.6 is 23.5 Å². The van der Waals surface area contributed by atoms with E-state index in [0.717, 1.165) is 38.0 Å². The fourth-order valence-corrected chi connectivity index (χ4v) is 7.49. The molecule has 6 rings (SSSR count). The van der Waals surface area contributed by atoms with Crippen LogP contribution in [-0.4, -0.2) is 34.5 Å². The molecule has 1 saturated heterocycles. The van der Waals surface area contributed by atoms with Gasteiger partial charge in [-0.25, -0.2) is 4.99 Å². The number of nitrogens with zero attached hydrogens (tertiary/aromatic N) is 4. The Bertz CT molecular complexity index is 1790. The van der Waals surface area contributed by atoms with Gasteiger partial charge in [-0.05, 0) is 53.6 Å². The van der Waals surface area contributed by atoms with Crippen LogP contribution < -0.4 is 5.32 Å². The number of aliphatic imine (C=N–C) groups is 1. The first-order valence-corrected chi connectivity index (χ1v) is 15.6. The molecular formula is C35H29N5OS2. The van der Waals surface area contributed by atoms with Gasteiger partial charge in [-0.1, -0.05) is 103 Å². The van der Waals surface area contributed by atoms with Crippen molar-refractivity contribution in [3.05, 3.63) is 141 Å². The quantitative estimate of drug-likeness (QED) is 0.216. The highest BCUT2D eigenvalue weighted by Crippen LogP contribution is 2.53. The number of amides is 1. The van der Waals surface area contributed by atoms with Crippen LogP contribution in [0, 0.1) is 11.3 Å². The Balaban J connectivity index is 1.47. The second-order valence-electron chi connectivity index (χ2n) is 9.95. The van der Waals surface area contributed by atoms with Crippen LogP contribution in [0.1, 0.15) is 29.2 Å². The predicted molar refractivity (Wildman–Crippen MR) is 179 cm³/mol. The molecule has 0 radical (unpaired) electrons. The van der Waals surface area contributed by atoms with Crippen LogP contribution in [-0.2, 0) is 11.3 Å². The first kappa shape index (κ1) is 28.4. The topological polar surface area (TPSA) is 71.7 Å². The molecule has 1 fully saturated rings. The molecule has 0 spiro atoms. The van der Waals surface area contributed by atoms with E-state index in [0.29, 0.717) is 34.4 Å². The maximum atomic E-state index is 14.3. The lowest BCUT2D eigenvalue weighted by Gasteiger charge is -2.19. The zero-order chi connectivity index (χ0) is 29.8. The fourth-order valence-electron chi connectivity index (χ4n) is 5.03. The van der Waals surface area contributed by atoms with E-state index in [2.05, 4.69) is 40.6 Å². The van der Waals surface area contributed by atoms with Gasteiger partial charge in [0, 0.05) is 18.5 Å². The Kier molecular flexibility index (Phi) is 8.36. The highest BCUT2D eigenvalue weighted by atomic mass is 32.2. The van der Waals surface area contributed by atoms with Crippen molar-refractivity contribution >= 4 is 56.6 Å². The Labute approximate surface area is 260 Å². The van der Waals surface area contributed by atoms with E-state index < -0.39 is 0 Å². The second-order valence-corrected chi connectivity index (χ2v) is 11.9. The minimum atomic E-state index is -0.0925. The lowest BCUT2D eigenvalue weighted by Crippen LogP contribution is -2.29. The molecule has 2 aliphatic rings. The van der Waals surface area contributed by atoms with E-state index in [1.165, 1.54) is 11.8 Å². The Morgan fingerprint density at radius 2 is 1.49 bits per heavy atom. The van der Waals surface area contributed by atoms with E-state index in [1.807, 2.05) is 86.8 Å². The smallest absolute Gasteiger partial charge is 0.269 e.